The molecule has 0 amide bonds. The number of nitrogens with zero attached hydrogens (tertiary/aromatic N) is 3. The zero-order chi connectivity index (χ0) is 14.7. The summed E-state index contributed by atoms with van der Waals surface area (Å²) in [6.07, 6.45) is 2.55. The molecule has 3 rings (SSSR count). The number of aromatic nitrogens is 3. The van der Waals surface area contributed by atoms with Gasteiger partial charge in [0, 0.05) is 17.9 Å². The zero-order valence-corrected chi connectivity index (χ0v) is 12.7. The maximum absolute atomic E-state index is 6.09. The minimum Gasteiger partial charge on any atom is -0.497 e. The summed E-state index contributed by atoms with van der Waals surface area (Å²) in [7, 11) is 1.64. The van der Waals surface area contributed by atoms with Crippen LogP contribution in [0.25, 0.3) is 11.4 Å². The van der Waals surface area contributed by atoms with E-state index < -0.39 is 0 Å². The summed E-state index contributed by atoms with van der Waals surface area (Å²) in [5.41, 5.74) is 0.912. The second kappa shape index (κ2) is 6.36. The summed E-state index contributed by atoms with van der Waals surface area (Å²) >= 11 is 1.58. The van der Waals surface area contributed by atoms with Crippen LogP contribution < -0.4 is 10.6 Å². The van der Waals surface area contributed by atoms with E-state index in [4.69, 9.17) is 15.3 Å². The number of nitrogens with two attached hydrogens (primary N) is 1. The molecule has 0 saturated carbocycles. The second-order valence-electron chi connectivity index (χ2n) is 4.85. The van der Waals surface area contributed by atoms with E-state index in [1.54, 1.807) is 18.9 Å². The molecule has 21 heavy (non-hydrogen) atoms. The number of benzene rings is 1. The highest BCUT2D eigenvalue weighted by Crippen LogP contribution is 2.25. The van der Waals surface area contributed by atoms with Crippen LogP contribution in [-0.4, -0.2) is 40.4 Å². The van der Waals surface area contributed by atoms with Gasteiger partial charge in [-0.1, -0.05) is 11.8 Å². The molecule has 0 bridgehead atoms. The number of methoxy groups -OCH3 is 1. The maximum atomic E-state index is 6.09. The smallest absolute Gasteiger partial charge is 0.210 e. The molecule has 2 aromatic rings. The van der Waals surface area contributed by atoms with Crippen molar-refractivity contribution in [1.82, 2.24) is 14.9 Å². The average molecular weight is 306 g/mol. The molecule has 1 aromatic carbocycles. The Kier molecular flexibility index (Phi) is 4.31. The molecule has 112 valence electrons. The van der Waals surface area contributed by atoms with Gasteiger partial charge >= 0.3 is 0 Å². The summed E-state index contributed by atoms with van der Waals surface area (Å²) in [5.74, 6) is 8.40. The van der Waals surface area contributed by atoms with Gasteiger partial charge in [0.25, 0.3) is 0 Å². The molecule has 0 spiro atoms. The van der Waals surface area contributed by atoms with Gasteiger partial charge < -0.3 is 15.3 Å². The first kappa shape index (κ1) is 14.2. The van der Waals surface area contributed by atoms with Crippen LogP contribution in [0.1, 0.15) is 12.8 Å². The molecule has 1 atom stereocenters. The van der Waals surface area contributed by atoms with Crippen LogP contribution >= 0.6 is 11.8 Å². The monoisotopic (exact) mass is 306 g/mol. The lowest BCUT2D eigenvalue weighted by Crippen LogP contribution is -2.14. The van der Waals surface area contributed by atoms with Gasteiger partial charge in [0.05, 0.1) is 13.2 Å². The Hall–Kier alpha value is -1.73. The standard InChI is InChI=1S/C14H18N4O2S/c1-19-11-6-4-10(5-7-11)13-16-17-14(18(13)15)21-9-12-3-2-8-20-12/h4-7,12H,2-3,8-9,15H2,1H3. The minimum atomic E-state index is 0.302. The van der Waals surface area contributed by atoms with Crippen LogP contribution in [0.3, 0.4) is 0 Å². The van der Waals surface area contributed by atoms with Crippen molar-refractivity contribution in [3.8, 4) is 17.1 Å². The molecule has 2 N–H and O–H groups in total. The van der Waals surface area contributed by atoms with Crippen LogP contribution in [0.15, 0.2) is 29.4 Å². The molecule has 7 heteroatoms. The van der Waals surface area contributed by atoms with E-state index in [9.17, 15) is 0 Å². The average Bonchev–Trinajstić information content (AvgIpc) is 3.15. The molecule has 1 saturated heterocycles. The normalized spacial score (nSPS) is 18.0. The van der Waals surface area contributed by atoms with E-state index in [0.29, 0.717) is 17.1 Å². The van der Waals surface area contributed by atoms with Gasteiger partial charge in [-0.15, -0.1) is 10.2 Å². The summed E-state index contributed by atoms with van der Waals surface area (Å²) in [4.78, 5) is 0. The Morgan fingerprint density at radius 1 is 1.38 bits per heavy atom. The van der Waals surface area contributed by atoms with E-state index >= 15 is 0 Å². The van der Waals surface area contributed by atoms with Crippen LogP contribution in [0.4, 0.5) is 0 Å². The lowest BCUT2D eigenvalue weighted by atomic mass is 10.2. The van der Waals surface area contributed by atoms with Crippen molar-refractivity contribution in [3.05, 3.63) is 24.3 Å². The third-order valence-corrected chi connectivity index (χ3v) is 4.51. The third-order valence-electron chi connectivity index (χ3n) is 3.44. The van der Waals surface area contributed by atoms with Gasteiger partial charge in [0.1, 0.15) is 5.75 Å². The Morgan fingerprint density at radius 3 is 2.86 bits per heavy atom. The fourth-order valence-corrected chi connectivity index (χ4v) is 3.18. The summed E-state index contributed by atoms with van der Waals surface area (Å²) < 4.78 is 12.3. The van der Waals surface area contributed by atoms with Crippen molar-refractivity contribution < 1.29 is 9.47 Å². The van der Waals surface area contributed by atoms with Crippen molar-refractivity contribution in [2.75, 3.05) is 25.3 Å². The fraction of sp³-hybridized carbons (Fsp3) is 0.429. The second-order valence-corrected chi connectivity index (χ2v) is 5.84. The molecule has 1 unspecified atom stereocenters. The molecule has 6 nitrogen and oxygen atoms in total. The molecule has 1 aromatic heterocycles. The molecule has 1 fully saturated rings. The zero-order valence-electron chi connectivity index (χ0n) is 11.9. The van der Waals surface area contributed by atoms with Crippen molar-refractivity contribution in [3.63, 3.8) is 0 Å². The van der Waals surface area contributed by atoms with Crippen LogP contribution in [0.5, 0.6) is 5.75 Å². The predicted octanol–water partition coefficient (Wildman–Crippen LogP) is 1.94. The van der Waals surface area contributed by atoms with E-state index in [-0.39, 0.29) is 0 Å². The van der Waals surface area contributed by atoms with Crippen molar-refractivity contribution in [2.24, 2.45) is 0 Å². The number of ether oxygens (including phenoxy) is 2. The van der Waals surface area contributed by atoms with E-state index in [2.05, 4.69) is 10.2 Å². The molecule has 2 heterocycles. The van der Waals surface area contributed by atoms with Gasteiger partial charge in [-0.05, 0) is 37.1 Å². The third kappa shape index (κ3) is 3.14. The topological polar surface area (TPSA) is 75.2 Å². The minimum absolute atomic E-state index is 0.302. The van der Waals surface area contributed by atoms with E-state index in [1.165, 1.54) is 4.68 Å². The van der Waals surface area contributed by atoms with Crippen molar-refractivity contribution >= 4 is 11.8 Å². The Balaban J connectivity index is 1.71. The number of hydrogen-bond acceptors (Lipinski definition) is 6. The molecule has 0 aliphatic carbocycles. The molecular weight excluding hydrogens is 288 g/mol. The van der Waals surface area contributed by atoms with Gasteiger partial charge in [0.15, 0.2) is 5.82 Å². The fourth-order valence-electron chi connectivity index (χ4n) is 2.26. The molecule has 0 radical (unpaired) electrons. The largest absolute Gasteiger partial charge is 0.497 e. The lowest BCUT2D eigenvalue weighted by Gasteiger charge is -2.08. The summed E-state index contributed by atoms with van der Waals surface area (Å²) in [6, 6.07) is 7.59. The maximum Gasteiger partial charge on any atom is 0.210 e. The van der Waals surface area contributed by atoms with Crippen LogP contribution in [-0.2, 0) is 4.74 Å². The number of hydrogen-bond donors (Lipinski definition) is 1. The predicted molar refractivity (Wildman–Crippen MR) is 81.9 cm³/mol. The summed E-state index contributed by atoms with van der Waals surface area (Å²) in [6.45, 7) is 0.859. The Bertz CT molecular complexity index is 594. The van der Waals surface area contributed by atoms with Gasteiger partial charge in [-0.2, -0.15) is 0 Å². The highest BCUT2D eigenvalue weighted by molar-refractivity contribution is 7.99. The molecule has 1 aliphatic heterocycles. The van der Waals surface area contributed by atoms with Crippen molar-refractivity contribution in [1.29, 1.82) is 0 Å². The first-order chi connectivity index (χ1) is 10.3. The molecule has 1 aliphatic rings. The SMILES string of the molecule is COc1ccc(-c2nnc(SCC3CCCO3)n2N)cc1. The Labute approximate surface area is 127 Å². The van der Waals surface area contributed by atoms with E-state index in [0.717, 1.165) is 36.5 Å². The van der Waals surface area contributed by atoms with Crippen molar-refractivity contribution in [2.45, 2.75) is 24.1 Å². The van der Waals surface area contributed by atoms with Gasteiger partial charge in [0.2, 0.25) is 5.16 Å². The highest BCUT2D eigenvalue weighted by Gasteiger charge is 2.18. The van der Waals surface area contributed by atoms with Crippen LogP contribution in [0, 0.1) is 0 Å². The van der Waals surface area contributed by atoms with Crippen LogP contribution in [0.2, 0.25) is 0 Å². The van der Waals surface area contributed by atoms with E-state index in [1.807, 2.05) is 24.3 Å². The first-order valence-corrected chi connectivity index (χ1v) is 7.86. The van der Waals surface area contributed by atoms with Gasteiger partial charge in [-0.3, -0.25) is 0 Å². The Morgan fingerprint density at radius 2 is 2.19 bits per heavy atom. The highest BCUT2D eigenvalue weighted by atomic mass is 32.2. The summed E-state index contributed by atoms with van der Waals surface area (Å²) in [5, 5.41) is 9.04. The van der Waals surface area contributed by atoms with Gasteiger partial charge in [-0.25, -0.2) is 4.68 Å². The number of nitrogen functional groups attached to an aromatic ring is 1. The molecular formula is C14H18N4O2S. The first-order valence-electron chi connectivity index (χ1n) is 6.87. The number of rotatable bonds is 5. The number of thioether (sulfide) groups is 1. The quantitative estimate of drug-likeness (QED) is 0.672. The lowest BCUT2D eigenvalue weighted by molar-refractivity contribution is 0.129.